The molecule has 1 aliphatic rings. The second-order valence-corrected chi connectivity index (χ2v) is 6.72. The van der Waals surface area contributed by atoms with E-state index in [2.05, 4.69) is 5.32 Å². The van der Waals surface area contributed by atoms with E-state index in [-0.39, 0.29) is 19.0 Å². The van der Waals surface area contributed by atoms with E-state index in [1.807, 2.05) is 4.90 Å². The summed E-state index contributed by atoms with van der Waals surface area (Å²) in [5.74, 6) is -2.07. The molecule has 148 valence electrons. The molecule has 28 heavy (non-hydrogen) atoms. The summed E-state index contributed by atoms with van der Waals surface area (Å²) in [6.45, 7) is 0.622. The van der Waals surface area contributed by atoms with Crippen LogP contribution in [0.15, 0.2) is 48.5 Å². The summed E-state index contributed by atoms with van der Waals surface area (Å²) in [5, 5.41) is 3.31. The second-order valence-electron chi connectivity index (χ2n) is 6.28. The van der Waals surface area contributed by atoms with Crippen molar-refractivity contribution in [3.8, 4) is 0 Å². The zero-order valence-corrected chi connectivity index (χ0v) is 15.4. The Hall–Kier alpha value is -2.74. The van der Waals surface area contributed by atoms with E-state index in [1.165, 1.54) is 0 Å². The van der Waals surface area contributed by atoms with Crippen molar-refractivity contribution in [3.05, 3.63) is 59.1 Å². The number of benzene rings is 2. The molecule has 0 spiro atoms. The van der Waals surface area contributed by atoms with E-state index >= 15 is 0 Å². The van der Waals surface area contributed by atoms with Gasteiger partial charge in [-0.05, 0) is 48.5 Å². The lowest BCUT2D eigenvalue weighted by Gasteiger charge is -2.36. The third-order valence-electron chi connectivity index (χ3n) is 4.41. The molecule has 0 unspecified atom stereocenters. The smallest absolute Gasteiger partial charge is 0.368 e. The summed E-state index contributed by atoms with van der Waals surface area (Å²) in [6, 6.07) is 13.5. The van der Waals surface area contributed by atoms with Gasteiger partial charge in [-0.15, -0.1) is 0 Å². The fourth-order valence-electron chi connectivity index (χ4n) is 2.91. The van der Waals surface area contributed by atoms with Gasteiger partial charge in [0.25, 0.3) is 5.91 Å². The van der Waals surface area contributed by atoms with E-state index in [0.717, 1.165) is 10.6 Å². The first kappa shape index (κ1) is 20.0. The Morgan fingerprint density at radius 3 is 2.00 bits per heavy atom. The number of hydrogen-bond donors (Lipinski definition) is 1. The largest absolute Gasteiger partial charge is 0.471 e. The molecule has 1 N–H and O–H groups in total. The maximum atomic E-state index is 12.5. The van der Waals surface area contributed by atoms with Gasteiger partial charge in [-0.3, -0.25) is 9.59 Å². The molecule has 0 saturated carbocycles. The predicted octanol–water partition coefficient (Wildman–Crippen LogP) is 3.80. The minimum absolute atomic E-state index is 0.00734. The van der Waals surface area contributed by atoms with E-state index in [1.54, 1.807) is 48.5 Å². The summed E-state index contributed by atoms with van der Waals surface area (Å²) < 4.78 is 37.5. The van der Waals surface area contributed by atoms with Crippen molar-refractivity contribution in [1.82, 2.24) is 4.90 Å². The van der Waals surface area contributed by atoms with Crippen LogP contribution < -0.4 is 10.2 Å². The minimum Gasteiger partial charge on any atom is -0.368 e. The number of rotatable bonds is 3. The van der Waals surface area contributed by atoms with Crippen molar-refractivity contribution in [2.75, 3.05) is 36.4 Å². The first-order valence-corrected chi connectivity index (χ1v) is 8.90. The van der Waals surface area contributed by atoms with Crippen LogP contribution in [0, 0.1) is 0 Å². The van der Waals surface area contributed by atoms with Crippen molar-refractivity contribution in [1.29, 1.82) is 0 Å². The molecular weight excluding hydrogens is 395 g/mol. The number of piperazine rings is 1. The molecule has 5 nitrogen and oxygen atoms in total. The van der Waals surface area contributed by atoms with Crippen LogP contribution in [-0.4, -0.2) is 49.1 Å². The van der Waals surface area contributed by atoms with Gasteiger partial charge in [-0.2, -0.15) is 13.2 Å². The molecule has 2 aromatic rings. The van der Waals surface area contributed by atoms with Gasteiger partial charge in [-0.1, -0.05) is 11.6 Å². The number of carbonyl (C=O) groups is 2. The molecule has 1 saturated heterocycles. The van der Waals surface area contributed by atoms with Crippen LogP contribution in [0.5, 0.6) is 0 Å². The minimum atomic E-state index is -4.84. The van der Waals surface area contributed by atoms with E-state index < -0.39 is 12.1 Å². The van der Waals surface area contributed by atoms with Crippen LogP contribution in [0.4, 0.5) is 24.5 Å². The lowest BCUT2D eigenvalue weighted by atomic mass is 10.2. The van der Waals surface area contributed by atoms with Gasteiger partial charge < -0.3 is 15.1 Å². The molecule has 2 amide bonds. The number of nitrogens with zero attached hydrogens (tertiary/aromatic N) is 2. The molecule has 3 rings (SSSR count). The average Bonchev–Trinajstić information content (AvgIpc) is 2.68. The number of nitrogens with one attached hydrogen (secondary N) is 1. The zero-order chi connectivity index (χ0) is 20.3. The van der Waals surface area contributed by atoms with Crippen LogP contribution in [0.1, 0.15) is 10.4 Å². The highest BCUT2D eigenvalue weighted by molar-refractivity contribution is 6.30. The molecular formula is C19H17ClF3N3O2. The Morgan fingerprint density at radius 2 is 1.46 bits per heavy atom. The SMILES string of the molecule is O=C(Nc1ccc(N2CCN(C(=O)C(F)(F)F)CC2)cc1)c1ccc(Cl)cc1. The zero-order valence-electron chi connectivity index (χ0n) is 14.7. The molecule has 2 aromatic carbocycles. The van der Waals surface area contributed by atoms with Crippen molar-refractivity contribution < 1.29 is 22.8 Å². The van der Waals surface area contributed by atoms with E-state index in [9.17, 15) is 22.8 Å². The van der Waals surface area contributed by atoms with Gasteiger partial charge >= 0.3 is 12.1 Å². The molecule has 0 bridgehead atoms. The maximum absolute atomic E-state index is 12.5. The maximum Gasteiger partial charge on any atom is 0.471 e. The number of hydrogen-bond acceptors (Lipinski definition) is 3. The molecule has 9 heteroatoms. The quantitative estimate of drug-likeness (QED) is 0.835. The van der Waals surface area contributed by atoms with Gasteiger partial charge in [-0.25, -0.2) is 0 Å². The summed E-state index contributed by atoms with van der Waals surface area (Å²) in [5.41, 5.74) is 1.87. The number of amides is 2. The van der Waals surface area contributed by atoms with Crippen LogP contribution in [-0.2, 0) is 4.79 Å². The highest BCUT2D eigenvalue weighted by atomic mass is 35.5. The monoisotopic (exact) mass is 411 g/mol. The van der Waals surface area contributed by atoms with Crippen LogP contribution in [0.25, 0.3) is 0 Å². The van der Waals surface area contributed by atoms with Gasteiger partial charge in [0.15, 0.2) is 0 Å². The average molecular weight is 412 g/mol. The highest BCUT2D eigenvalue weighted by Gasteiger charge is 2.43. The molecule has 1 fully saturated rings. The normalized spacial score (nSPS) is 14.7. The van der Waals surface area contributed by atoms with Gasteiger partial charge in [0.05, 0.1) is 0 Å². The Kier molecular flexibility index (Phi) is 5.79. The van der Waals surface area contributed by atoms with Crippen molar-refractivity contribution in [2.45, 2.75) is 6.18 Å². The van der Waals surface area contributed by atoms with E-state index in [4.69, 9.17) is 11.6 Å². The summed E-state index contributed by atoms with van der Waals surface area (Å²) in [7, 11) is 0. The standard InChI is InChI=1S/C19H17ClF3N3O2/c20-14-3-1-13(2-4-14)17(27)24-15-5-7-16(8-6-15)25-9-11-26(12-10-25)18(28)19(21,22)23/h1-8H,9-12H2,(H,24,27). The van der Waals surface area contributed by atoms with Gasteiger partial charge in [0.2, 0.25) is 0 Å². The van der Waals surface area contributed by atoms with E-state index in [0.29, 0.717) is 29.4 Å². The number of anilines is 2. The lowest BCUT2D eigenvalue weighted by Crippen LogP contribution is -2.52. The number of halogens is 4. The first-order chi connectivity index (χ1) is 13.2. The highest BCUT2D eigenvalue weighted by Crippen LogP contribution is 2.23. The predicted molar refractivity (Wildman–Crippen MR) is 101 cm³/mol. The Balaban J connectivity index is 1.57. The summed E-state index contributed by atoms with van der Waals surface area (Å²) in [4.78, 5) is 26.2. The Labute approximate surface area is 164 Å². The third-order valence-corrected chi connectivity index (χ3v) is 4.66. The van der Waals surface area contributed by atoms with Gasteiger partial charge in [0, 0.05) is 48.1 Å². The van der Waals surface area contributed by atoms with Crippen LogP contribution >= 0.6 is 11.6 Å². The van der Waals surface area contributed by atoms with Crippen molar-refractivity contribution in [3.63, 3.8) is 0 Å². The van der Waals surface area contributed by atoms with Crippen molar-refractivity contribution in [2.24, 2.45) is 0 Å². The lowest BCUT2D eigenvalue weighted by molar-refractivity contribution is -0.185. The molecule has 1 heterocycles. The molecule has 0 atom stereocenters. The molecule has 0 radical (unpaired) electrons. The first-order valence-electron chi connectivity index (χ1n) is 8.52. The Morgan fingerprint density at radius 1 is 0.893 bits per heavy atom. The fraction of sp³-hybridized carbons (Fsp3) is 0.263. The third kappa shape index (κ3) is 4.75. The van der Waals surface area contributed by atoms with Crippen LogP contribution in [0.2, 0.25) is 5.02 Å². The second kappa shape index (κ2) is 8.10. The fourth-order valence-corrected chi connectivity index (χ4v) is 3.03. The van der Waals surface area contributed by atoms with Crippen LogP contribution in [0.3, 0.4) is 0 Å². The van der Waals surface area contributed by atoms with Crippen molar-refractivity contribution >= 4 is 34.8 Å². The molecule has 0 aromatic heterocycles. The number of carbonyl (C=O) groups excluding carboxylic acids is 2. The molecule has 0 aliphatic carbocycles. The molecule has 1 aliphatic heterocycles. The summed E-state index contributed by atoms with van der Waals surface area (Å²) in [6.07, 6.45) is -4.84. The summed E-state index contributed by atoms with van der Waals surface area (Å²) >= 11 is 5.80. The van der Waals surface area contributed by atoms with Gasteiger partial charge in [0.1, 0.15) is 0 Å². The topological polar surface area (TPSA) is 52.7 Å². The Bertz CT molecular complexity index is 846. The number of alkyl halides is 3.